The summed E-state index contributed by atoms with van der Waals surface area (Å²) in [5.41, 5.74) is 0.207. The van der Waals surface area contributed by atoms with Gasteiger partial charge in [0, 0.05) is 6.54 Å². The lowest BCUT2D eigenvalue weighted by Gasteiger charge is -2.11. The molecule has 1 unspecified atom stereocenters. The fourth-order valence-corrected chi connectivity index (χ4v) is 2.21. The maximum atomic E-state index is 11.3. The molecule has 2 N–H and O–H groups in total. The number of fused-ring (bicyclic) bond motifs is 1. The van der Waals surface area contributed by atoms with Gasteiger partial charge in [-0.15, -0.1) is 5.10 Å². The highest BCUT2D eigenvalue weighted by Crippen LogP contribution is 2.07. The first kappa shape index (κ1) is 12.0. The Kier molecular flexibility index (Phi) is 3.68. The highest BCUT2D eigenvalue weighted by Gasteiger charge is 2.04. The molecule has 1 atom stereocenters. The van der Waals surface area contributed by atoms with Gasteiger partial charge in [-0.1, -0.05) is 6.92 Å². The zero-order valence-corrected chi connectivity index (χ0v) is 10.6. The highest BCUT2D eigenvalue weighted by molar-refractivity contribution is 7.98. The average Bonchev–Trinajstić information content (AvgIpc) is 2.69. The van der Waals surface area contributed by atoms with Crippen LogP contribution in [-0.2, 0) is 0 Å². The lowest BCUT2D eigenvalue weighted by atomic mass is 10.2. The Balaban J connectivity index is 2.08. The van der Waals surface area contributed by atoms with Crippen LogP contribution in [0.2, 0.25) is 0 Å². The average molecular weight is 253 g/mol. The number of hydrogen-bond acceptors (Lipinski definition) is 5. The second-order valence-corrected chi connectivity index (χ2v) is 4.87. The summed E-state index contributed by atoms with van der Waals surface area (Å²) >= 11 is 1.82. The molecule has 0 fully saturated rings. The molecule has 0 saturated heterocycles. The molecule has 0 aliphatic rings. The van der Waals surface area contributed by atoms with Crippen molar-refractivity contribution in [3.05, 3.63) is 22.6 Å². The molecule has 0 amide bonds. The molecule has 2 aromatic rings. The van der Waals surface area contributed by atoms with E-state index < -0.39 is 0 Å². The maximum absolute atomic E-state index is 11.3. The largest absolute Gasteiger partial charge is 0.368 e. The van der Waals surface area contributed by atoms with Crippen molar-refractivity contribution in [1.29, 1.82) is 0 Å². The van der Waals surface area contributed by atoms with Crippen LogP contribution in [0.4, 0.5) is 5.82 Å². The van der Waals surface area contributed by atoms with Crippen LogP contribution in [-0.4, -0.2) is 38.4 Å². The van der Waals surface area contributed by atoms with Crippen LogP contribution in [0.1, 0.15) is 6.92 Å². The van der Waals surface area contributed by atoms with Gasteiger partial charge in [0.1, 0.15) is 5.82 Å². The van der Waals surface area contributed by atoms with Gasteiger partial charge < -0.3 is 5.32 Å². The predicted octanol–water partition coefficient (Wildman–Crippen LogP) is 0.829. The van der Waals surface area contributed by atoms with Gasteiger partial charge in [0.05, 0.1) is 0 Å². The monoisotopic (exact) mass is 253 g/mol. The normalized spacial score (nSPS) is 12.8. The number of aromatic amines is 1. The van der Waals surface area contributed by atoms with E-state index in [1.54, 1.807) is 6.07 Å². The highest BCUT2D eigenvalue weighted by atomic mass is 32.2. The number of hydrogen-bond donors (Lipinski definition) is 2. The molecule has 0 aliphatic heterocycles. The number of aromatic nitrogens is 4. The lowest BCUT2D eigenvalue weighted by Crippen LogP contribution is -2.17. The smallest absolute Gasteiger partial charge is 0.364 e. The van der Waals surface area contributed by atoms with Crippen LogP contribution in [0.15, 0.2) is 16.9 Å². The number of thioether (sulfide) groups is 1. The minimum atomic E-state index is -0.319. The summed E-state index contributed by atoms with van der Waals surface area (Å²) in [4.78, 5) is 11.3. The number of anilines is 1. The second-order valence-electron chi connectivity index (χ2n) is 3.96. The molecule has 2 rings (SSSR count). The Morgan fingerprint density at radius 2 is 2.41 bits per heavy atom. The third-order valence-corrected chi connectivity index (χ3v) is 3.26. The summed E-state index contributed by atoms with van der Waals surface area (Å²) in [7, 11) is 0. The van der Waals surface area contributed by atoms with Gasteiger partial charge in [-0.3, -0.25) is 0 Å². The van der Waals surface area contributed by atoms with E-state index in [1.807, 2.05) is 17.8 Å². The van der Waals surface area contributed by atoms with E-state index in [-0.39, 0.29) is 5.69 Å². The van der Waals surface area contributed by atoms with Gasteiger partial charge in [-0.25, -0.2) is 9.89 Å². The Bertz CT molecular complexity index is 549. The molecular weight excluding hydrogens is 238 g/mol. The van der Waals surface area contributed by atoms with Crippen LogP contribution in [0.3, 0.4) is 0 Å². The van der Waals surface area contributed by atoms with E-state index in [1.165, 1.54) is 4.52 Å². The maximum Gasteiger partial charge on any atom is 0.364 e. The Morgan fingerprint density at radius 1 is 1.59 bits per heavy atom. The summed E-state index contributed by atoms with van der Waals surface area (Å²) < 4.78 is 1.25. The number of rotatable bonds is 5. The minimum absolute atomic E-state index is 0.319. The first-order valence-electron chi connectivity index (χ1n) is 5.38. The van der Waals surface area contributed by atoms with Crippen molar-refractivity contribution in [3.63, 3.8) is 0 Å². The Morgan fingerprint density at radius 3 is 3.18 bits per heavy atom. The minimum Gasteiger partial charge on any atom is -0.368 e. The zero-order chi connectivity index (χ0) is 12.3. The number of H-pyrrole nitrogens is 1. The quantitative estimate of drug-likeness (QED) is 0.825. The fraction of sp³-hybridized carbons (Fsp3) is 0.500. The van der Waals surface area contributed by atoms with Crippen molar-refractivity contribution in [2.45, 2.75) is 6.92 Å². The van der Waals surface area contributed by atoms with Crippen molar-refractivity contribution in [3.8, 4) is 0 Å². The van der Waals surface area contributed by atoms with E-state index in [9.17, 15) is 4.79 Å². The van der Waals surface area contributed by atoms with E-state index in [0.29, 0.717) is 17.4 Å². The molecule has 0 radical (unpaired) electrons. The second kappa shape index (κ2) is 5.22. The van der Waals surface area contributed by atoms with Crippen molar-refractivity contribution >= 4 is 23.2 Å². The van der Waals surface area contributed by atoms with Crippen LogP contribution in [0, 0.1) is 5.92 Å². The SMILES string of the molecule is CSCC(C)CNc1ccc2n[nH]c(=O)n2n1. The fourth-order valence-electron chi connectivity index (χ4n) is 1.52. The molecule has 6 nitrogen and oxygen atoms in total. The van der Waals surface area contributed by atoms with Crippen LogP contribution in [0.5, 0.6) is 0 Å². The molecule has 0 saturated carbocycles. The third-order valence-electron chi connectivity index (χ3n) is 2.36. The Labute approximate surface area is 103 Å². The Hall–Kier alpha value is -1.50. The van der Waals surface area contributed by atoms with E-state index >= 15 is 0 Å². The summed E-state index contributed by atoms with van der Waals surface area (Å²) in [5, 5.41) is 13.5. The molecule has 2 heterocycles. The first-order valence-corrected chi connectivity index (χ1v) is 6.77. The molecule has 7 heteroatoms. The van der Waals surface area contributed by atoms with E-state index in [0.717, 1.165) is 12.3 Å². The lowest BCUT2D eigenvalue weighted by molar-refractivity contribution is 0.696. The molecule has 0 aliphatic carbocycles. The van der Waals surface area contributed by atoms with Crippen LogP contribution < -0.4 is 11.0 Å². The van der Waals surface area contributed by atoms with Gasteiger partial charge in [-0.05, 0) is 30.1 Å². The van der Waals surface area contributed by atoms with Crippen LogP contribution in [0.25, 0.3) is 5.65 Å². The standard InChI is InChI=1S/C10H15N5OS/c1-7(6-17-2)5-11-8-3-4-9-12-13-10(16)15(9)14-8/h3-4,7H,5-6H2,1-2H3,(H,11,14)(H,13,16). The van der Waals surface area contributed by atoms with Gasteiger partial charge in [0.2, 0.25) is 0 Å². The summed E-state index contributed by atoms with van der Waals surface area (Å²) in [6.07, 6.45) is 2.09. The summed E-state index contributed by atoms with van der Waals surface area (Å²) in [5.74, 6) is 2.35. The van der Waals surface area contributed by atoms with Gasteiger partial charge >= 0.3 is 5.69 Å². The predicted molar refractivity (Wildman–Crippen MR) is 69.6 cm³/mol. The van der Waals surface area contributed by atoms with E-state index in [2.05, 4.69) is 33.8 Å². The topological polar surface area (TPSA) is 75.1 Å². The summed E-state index contributed by atoms with van der Waals surface area (Å²) in [6.45, 7) is 3.01. The zero-order valence-electron chi connectivity index (χ0n) is 9.80. The summed E-state index contributed by atoms with van der Waals surface area (Å²) in [6, 6.07) is 3.58. The molecular formula is C10H15N5OS. The van der Waals surface area contributed by atoms with Crippen molar-refractivity contribution in [2.24, 2.45) is 5.92 Å². The van der Waals surface area contributed by atoms with Gasteiger partial charge in [0.25, 0.3) is 0 Å². The molecule has 0 bridgehead atoms. The van der Waals surface area contributed by atoms with E-state index in [4.69, 9.17) is 0 Å². The van der Waals surface area contributed by atoms with Crippen molar-refractivity contribution in [2.75, 3.05) is 23.9 Å². The molecule has 0 aromatic carbocycles. The molecule has 0 spiro atoms. The van der Waals surface area contributed by atoms with Crippen molar-refractivity contribution < 1.29 is 0 Å². The van der Waals surface area contributed by atoms with Gasteiger partial charge in [0.15, 0.2) is 5.65 Å². The number of nitrogens with one attached hydrogen (secondary N) is 2. The third kappa shape index (κ3) is 2.79. The molecule has 17 heavy (non-hydrogen) atoms. The molecule has 92 valence electrons. The number of nitrogens with zero attached hydrogens (tertiary/aromatic N) is 3. The molecule has 2 aromatic heterocycles. The van der Waals surface area contributed by atoms with Crippen LogP contribution >= 0.6 is 11.8 Å². The van der Waals surface area contributed by atoms with Gasteiger partial charge in [-0.2, -0.15) is 21.4 Å². The first-order chi connectivity index (χ1) is 8.20. The van der Waals surface area contributed by atoms with Crippen molar-refractivity contribution in [1.82, 2.24) is 19.8 Å².